The highest BCUT2D eigenvalue weighted by molar-refractivity contribution is 5.93. The number of nitrogens with zero attached hydrogens (tertiary/aromatic N) is 3. The van der Waals surface area contributed by atoms with Gasteiger partial charge in [-0.1, -0.05) is 30.3 Å². The molecule has 6 nitrogen and oxygen atoms in total. The third-order valence-corrected chi connectivity index (χ3v) is 4.95. The molecule has 2 heterocycles. The Balaban J connectivity index is 1.49. The minimum atomic E-state index is -0.223. The summed E-state index contributed by atoms with van der Waals surface area (Å²) in [6.07, 6.45) is 2.41. The molecule has 0 spiro atoms. The molecule has 0 saturated heterocycles. The largest absolute Gasteiger partial charge is 0.497 e. The molecular formula is C22H22N4O2. The number of ether oxygens (including phenoxy) is 1. The second kappa shape index (κ2) is 7.68. The van der Waals surface area contributed by atoms with Crippen molar-refractivity contribution in [1.29, 1.82) is 0 Å². The average Bonchev–Trinajstić information content (AvgIpc) is 3.08. The van der Waals surface area contributed by atoms with Crippen LogP contribution in [0.2, 0.25) is 0 Å². The quantitative estimate of drug-likeness (QED) is 0.740. The second-order valence-electron chi connectivity index (χ2n) is 6.84. The lowest BCUT2D eigenvalue weighted by Crippen LogP contribution is -2.27. The molecule has 1 aliphatic rings. The molecule has 1 aliphatic heterocycles. The van der Waals surface area contributed by atoms with Gasteiger partial charge in [0.2, 0.25) is 0 Å². The fraction of sp³-hybridized carbons (Fsp3) is 0.227. The van der Waals surface area contributed by atoms with Gasteiger partial charge in [0.15, 0.2) is 0 Å². The topological polar surface area (TPSA) is 67.3 Å². The van der Waals surface area contributed by atoms with Crippen molar-refractivity contribution in [2.75, 3.05) is 12.0 Å². The maximum atomic E-state index is 12.6. The first kappa shape index (κ1) is 18.0. The van der Waals surface area contributed by atoms with Crippen molar-refractivity contribution in [2.24, 2.45) is 0 Å². The Morgan fingerprint density at radius 3 is 2.75 bits per heavy atom. The Hall–Kier alpha value is -3.41. The van der Waals surface area contributed by atoms with Crippen LogP contribution < -0.4 is 15.0 Å². The van der Waals surface area contributed by atoms with Crippen molar-refractivity contribution in [3.05, 3.63) is 77.7 Å². The maximum absolute atomic E-state index is 12.6. The molecule has 1 aromatic heterocycles. The molecule has 2 aromatic carbocycles. The van der Waals surface area contributed by atoms with Crippen LogP contribution >= 0.6 is 0 Å². The van der Waals surface area contributed by atoms with E-state index in [1.54, 1.807) is 13.2 Å². The predicted molar refractivity (Wildman–Crippen MR) is 108 cm³/mol. The molecule has 0 radical (unpaired) electrons. The summed E-state index contributed by atoms with van der Waals surface area (Å²) in [5.41, 5.74) is 3.78. The van der Waals surface area contributed by atoms with E-state index in [1.807, 2.05) is 36.4 Å². The summed E-state index contributed by atoms with van der Waals surface area (Å²) >= 11 is 0. The number of hydrogen-bond donors (Lipinski definition) is 1. The summed E-state index contributed by atoms with van der Waals surface area (Å²) in [4.78, 5) is 23.3. The van der Waals surface area contributed by atoms with Gasteiger partial charge in [-0.25, -0.2) is 9.97 Å². The van der Waals surface area contributed by atoms with Crippen LogP contribution in [0.25, 0.3) is 0 Å². The summed E-state index contributed by atoms with van der Waals surface area (Å²) in [5.74, 6) is 1.30. The molecule has 1 amide bonds. The van der Waals surface area contributed by atoms with E-state index in [4.69, 9.17) is 4.74 Å². The van der Waals surface area contributed by atoms with E-state index in [0.29, 0.717) is 12.2 Å². The van der Waals surface area contributed by atoms with Crippen molar-refractivity contribution >= 4 is 17.4 Å². The van der Waals surface area contributed by atoms with E-state index in [-0.39, 0.29) is 11.9 Å². The summed E-state index contributed by atoms with van der Waals surface area (Å²) in [6, 6.07) is 17.9. The van der Waals surface area contributed by atoms with Crippen LogP contribution in [0.1, 0.15) is 28.5 Å². The number of benzene rings is 2. The Labute approximate surface area is 164 Å². The van der Waals surface area contributed by atoms with Gasteiger partial charge in [0.25, 0.3) is 5.91 Å². The van der Waals surface area contributed by atoms with Gasteiger partial charge in [-0.3, -0.25) is 4.79 Å². The van der Waals surface area contributed by atoms with Gasteiger partial charge in [-0.05, 0) is 42.7 Å². The number of nitrogens with one attached hydrogen (secondary N) is 1. The molecule has 6 heteroatoms. The standard InChI is InChI=1S/C22H22N4O2/c1-15-11-17-5-3-4-6-20(17)26(15)21-12-19(24-14-25-21)22(27)23-13-16-7-9-18(28-2)10-8-16/h3-10,12,14-15H,11,13H2,1-2H3,(H,23,27). The fourth-order valence-corrected chi connectivity index (χ4v) is 3.53. The number of anilines is 2. The molecule has 0 saturated carbocycles. The number of amides is 1. The number of carbonyl (C=O) groups excluding carboxylic acids is 1. The molecular weight excluding hydrogens is 352 g/mol. The highest BCUT2D eigenvalue weighted by Crippen LogP contribution is 2.36. The summed E-state index contributed by atoms with van der Waals surface area (Å²) in [6.45, 7) is 2.58. The van der Waals surface area contributed by atoms with E-state index in [2.05, 4.69) is 39.2 Å². The fourth-order valence-electron chi connectivity index (χ4n) is 3.53. The van der Waals surface area contributed by atoms with Crippen LogP contribution in [0.3, 0.4) is 0 Å². The molecule has 28 heavy (non-hydrogen) atoms. The van der Waals surface area contributed by atoms with Gasteiger partial charge in [-0.15, -0.1) is 0 Å². The zero-order valence-electron chi connectivity index (χ0n) is 15.9. The zero-order valence-corrected chi connectivity index (χ0v) is 15.9. The van der Waals surface area contributed by atoms with Gasteiger partial charge in [0, 0.05) is 24.3 Å². The van der Waals surface area contributed by atoms with Crippen LogP contribution in [-0.2, 0) is 13.0 Å². The minimum absolute atomic E-state index is 0.223. The van der Waals surface area contributed by atoms with Crippen LogP contribution in [0.5, 0.6) is 5.75 Å². The van der Waals surface area contributed by atoms with Crippen molar-refractivity contribution in [3.8, 4) is 5.75 Å². The normalized spacial score (nSPS) is 15.2. The Kier molecular flexibility index (Phi) is 4.93. The smallest absolute Gasteiger partial charge is 0.270 e. The highest BCUT2D eigenvalue weighted by atomic mass is 16.5. The van der Waals surface area contributed by atoms with Crippen LogP contribution in [0.15, 0.2) is 60.9 Å². The molecule has 1 unspecified atom stereocenters. The third kappa shape index (κ3) is 3.53. The van der Waals surface area contributed by atoms with E-state index in [0.717, 1.165) is 29.2 Å². The average molecular weight is 374 g/mol. The summed E-state index contributed by atoms with van der Waals surface area (Å²) in [7, 11) is 1.63. The Morgan fingerprint density at radius 2 is 1.96 bits per heavy atom. The number of rotatable bonds is 5. The van der Waals surface area contributed by atoms with Gasteiger partial charge < -0.3 is 15.0 Å². The zero-order chi connectivity index (χ0) is 19.5. The molecule has 3 aromatic rings. The van der Waals surface area contributed by atoms with Gasteiger partial charge >= 0.3 is 0 Å². The first-order valence-electron chi connectivity index (χ1n) is 9.26. The monoisotopic (exact) mass is 374 g/mol. The highest BCUT2D eigenvalue weighted by Gasteiger charge is 2.28. The molecule has 0 aliphatic carbocycles. The number of methoxy groups -OCH3 is 1. The molecule has 0 fully saturated rings. The Bertz CT molecular complexity index is 988. The molecule has 1 N–H and O–H groups in total. The SMILES string of the molecule is COc1ccc(CNC(=O)c2cc(N3c4ccccc4CC3C)ncn2)cc1. The first-order valence-corrected chi connectivity index (χ1v) is 9.26. The van der Waals surface area contributed by atoms with E-state index < -0.39 is 0 Å². The number of carbonyl (C=O) groups is 1. The number of hydrogen-bond acceptors (Lipinski definition) is 5. The lowest BCUT2D eigenvalue weighted by molar-refractivity contribution is 0.0945. The van der Waals surface area contributed by atoms with Gasteiger partial charge in [0.1, 0.15) is 23.6 Å². The van der Waals surface area contributed by atoms with E-state index in [9.17, 15) is 4.79 Å². The molecule has 4 rings (SSSR count). The maximum Gasteiger partial charge on any atom is 0.270 e. The van der Waals surface area contributed by atoms with Crippen molar-refractivity contribution in [2.45, 2.75) is 25.9 Å². The Morgan fingerprint density at radius 1 is 1.18 bits per heavy atom. The van der Waals surface area contributed by atoms with Gasteiger partial charge in [0.05, 0.1) is 7.11 Å². The van der Waals surface area contributed by atoms with Crippen LogP contribution in [0, 0.1) is 0 Å². The molecule has 0 bridgehead atoms. The van der Waals surface area contributed by atoms with Crippen LogP contribution in [0.4, 0.5) is 11.5 Å². The van der Waals surface area contributed by atoms with E-state index in [1.165, 1.54) is 11.9 Å². The third-order valence-electron chi connectivity index (χ3n) is 4.95. The first-order chi connectivity index (χ1) is 13.7. The van der Waals surface area contributed by atoms with Gasteiger partial charge in [-0.2, -0.15) is 0 Å². The molecule has 142 valence electrons. The summed E-state index contributed by atoms with van der Waals surface area (Å²) in [5, 5.41) is 2.91. The van der Waals surface area contributed by atoms with Crippen molar-refractivity contribution in [1.82, 2.24) is 15.3 Å². The van der Waals surface area contributed by atoms with E-state index >= 15 is 0 Å². The summed E-state index contributed by atoms with van der Waals surface area (Å²) < 4.78 is 5.15. The minimum Gasteiger partial charge on any atom is -0.497 e. The second-order valence-corrected chi connectivity index (χ2v) is 6.84. The number of aromatic nitrogens is 2. The number of para-hydroxylation sites is 1. The molecule has 1 atom stereocenters. The number of fused-ring (bicyclic) bond motifs is 1. The lowest BCUT2D eigenvalue weighted by Gasteiger charge is -2.23. The van der Waals surface area contributed by atoms with Crippen molar-refractivity contribution < 1.29 is 9.53 Å². The predicted octanol–water partition coefficient (Wildman–Crippen LogP) is 3.50. The van der Waals surface area contributed by atoms with Crippen molar-refractivity contribution in [3.63, 3.8) is 0 Å². The lowest BCUT2D eigenvalue weighted by atomic mass is 10.1. The van der Waals surface area contributed by atoms with Crippen LogP contribution in [-0.4, -0.2) is 29.0 Å².